The molecule has 1 aromatic heterocycles. The second-order valence-electron chi connectivity index (χ2n) is 6.98. The Morgan fingerprint density at radius 3 is 2.64 bits per heavy atom. The molecule has 1 aliphatic rings. The Labute approximate surface area is 173 Å². The summed E-state index contributed by atoms with van der Waals surface area (Å²) < 4.78 is 0. The monoisotopic (exact) mass is 409 g/mol. The van der Waals surface area contributed by atoms with Crippen molar-refractivity contribution in [2.24, 2.45) is 0 Å². The van der Waals surface area contributed by atoms with Crippen LogP contribution in [0.3, 0.4) is 0 Å². The lowest BCUT2D eigenvalue weighted by Crippen LogP contribution is -2.27. The van der Waals surface area contributed by atoms with Crippen LogP contribution in [-0.2, 0) is 4.79 Å². The fraction of sp³-hybridized carbons (Fsp3) is 0.318. The summed E-state index contributed by atoms with van der Waals surface area (Å²) in [6, 6.07) is 16.5. The molecule has 1 heterocycles. The van der Waals surface area contributed by atoms with E-state index in [0.717, 1.165) is 27.5 Å². The Morgan fingerprint density at radius 1 is 1.07 bits per heavy atom. The highest BCUT2D eigenvalue weighted by atomic mass is 32.2. The summed E-state index contributed by atoms with van der Waals surface area (Å²) in [6.45, 7) is 2.75. The van der Waals surface area contributed by atoms with Gasteiger partial charge in [0.2, 0.25) is 5.91 Å². The van der Waals surface area contributed by atoms with Gasteiger partial charge in [0.15, 0.2) is 0 Å². The molecule has 0 saturated heterocycles. The molecule has 4 rings (SSSR count). The molecule has 4 nitrogen and oxygen atoms in total. The lowest BCUT2D eigenvalue weighted by Gasteiger charge is -2.08. The molecule has 1 aliphatic carbocycles. The zero-order valence-corrected chi connectivity index (χ0v) is 17.5. The number of para-hydroxylation sites is 1. The Bertz CT molecular complexity index is 971. The Kier molecular flexibility index (Phi) is 6.17. The fourth-order valence-electron chi connectivity index (χ4n) is 2.88. The summed E-state index contributed by atoms with van der Waals surface area (Å²) in [7, 11) is 0. The number of benzene rings is 2. The van der Waals surface area contributed by atoms with Crippen molar-refractivity contribution < 1.29 is 4.79 Å². The van der Waals surface area contributed by atoms with E-state index in [1.807, 2.05) is 24.3 Å². The van der Waals surface area contributed by atoms with Gasteiger partial charge < -0.3 is 5.32 Å². The van der Waals surface area contributed by atoms with Crippen molar-refractivity contribution in [3.05, 3.63) is 59.9 Å². The molecule has 0 atom stereocenters. The molecular formula is C22H23N3OS2. The molecule has 0 spiro atoms. The smallest absolute Gasteiger partial charge is 0.230 e. The van der Waals surface area contributed by atoms with Crippen LogP contribution in [0.25, 0.3) is 10.9 Å². The normalized spacial score (nSPS) is 13.6. The van der Waals surface area contributed by atoms with Gasteiger partial charge in [-0.2, -0.15) is 0 Å². The third-order valence-corrected chi connectivity index (χ3v) is 6.59. The quantitative estimate of drug-likeness (QED) is 0.328. The number of fused-ring (bicyclic) bond motifs is 1. The minimum Gasteiger partial charge on any atom is -0.355 e. The number of hydrogen-bond acceptors (Lipinski definition) is 5. The van der Waals surface area contributed by atoms with Gasteiger partial charge in [-0.15, -0.1) is 11.8 Å². The minimum absolute atomic E-state index is 0.0465. The first-order valence-electron chi connectivity index (χ1n) is 9.55. The molecule has 1 saturated carbocycles. The summed E-state index contributed by atoms with van der Waals surface area (Å²) >= 11 is 3.26. The van der Waals surface area contributed by atoms with Crippen molar-refractivity contribution in [1.82, 2.24) is 15.3 Å². The third-order valence-electron chi connectivity index (χ3n) is 4.58. The van der Waals surface area contributed by atoms with E-state index in [2.05, 4.69) is 36.5 Å². The molecule has 2 aromatic carbocycles. The van der Waals surface area contributed by atoms with Gasteiger partial charge in [-0.05, 0) is 38.0 Å². The Balaban J connectivity index is 1.29. The van der Waals surface area contributed by atoms with Gasteiger partial charge in [-0.25, -0.2) is 9.97 Å². The van der Waals surface area contributed by atoms with Crippen molar-refractivity contribution in [2.45, 2.75) is 35.6 Å². The number of aromatic nitrogens is 2. The van der Waals surface area contributed by atoms with Crippen LogP contribution in [0.1, 0.15) is 30.1 Å². The van der Waals surface area contributed by atoms with Crippen LogP contribution in [0.4, 0.5) is 0 Å². The van der Waals surface area contributed by atoms with E-state index in [9.17, 15) is 4.79 Å². The maximum absolute atomic E-state index is 12.3. The number of rotatable bonds is 8. The first-order chi connectivity index (χ1) is 13.7. The summed E-state index contributed by atoms with van der Waals surface area (Å²) in [4.78, 5) is 22.9. The fourth-order valence-corrected chi connectivity index (χ4v) is 4.50. The van der Waals surface area contributed by atoms with E-state index in [1.165, 1.54) is 35.1 Å². The van der Waals surface area contributed by atoms with Gasteiger partial charge in [0.25, 0.3) is 0 Å². The molecule has 0 radical (unpaired) electrons. The number of carbonyl (C=O) groups is 1. The molecule has 6 heteroatoms. The highest BCUT2D eigenvalue weighted by Gasteiger charge is 2.27. The number of hydrogen-bond donors (Lipinski definition) is 1. The molecule has 28 heavy (non-hydrogen) atoms. The van der Waals surface area contributed by atoms with Gasteiger partial charge in [-0.1, -0.05) is 47.7 Å². The van der Waals surface area contributed by atoms with Crippen LogP contribution in [0, 0.1) is 6.92 Å². The van der Waals surface area contributed by atoms with E-state index in [-0.39, 0.29) is 5.91 Å². The zero-order chi connectivity index (χ0) is 19.3. The first kappa shape index (κ1) is 19.3. The minimum atomic E-state index is 0.0465. The summed E-state index contributed by atoms with van der Waals surface area (Å²) in [5.74, 6) is 2.71. The number of aryl methyl sites for hydroxylation is 1. The molecule has 1 amide bonds. The number of amides is 1. The van der Waals surface area contributed by atoms with Gasteiger partial charge in [-0.3, -0.25) is 4.79 Å². The van der Waals surface area contributed by atoms with E-state index in [4.69, 9.17) is 9.97 Å². The molecule has 0 aliphatic heterocycles. The summed E-state index contributed by atoms with van der Waals surface area (Å²) in [6.07, 6.45) is 2.34. The van der Waals surface area contributed by atoms with Gasteiger partial charge in [0.1, 0.15) is 10.9 Å². The van der Waals surface area contributed by atoms with Crippen LogP contribution >= 0.6 is 23.5 Å². The largest absolute Gasteiger partial charge is 0.355 e. The molecule has 0 unspecified atom stereocenters. The van der Waals surface area contributed by atoms with Crippen LogP contribution < -0.4 is 5.32 Å². The topological polar surface area (TPSA) is 54.9 Å². The molecule has 0 bridgehead atoms. The summed E-state index contributed by atoms with van der Waals surface area (Å²) in [5, 5.41) is 4.95. The van der Waals surface area contributed by atoms with Gasteiger partial charge in [0.05, 0.1) is 11.3 Å². The van der Waals surface area contributed by atoms with E-state index < -0.39 is 0 Å². The van der Waals surface area contributed by atoms with Crippen LogP contribution in [0.15, 0.2) is 58.5 Å². The molecular weight excluding hydrogens is 386 g/mol. The standard InChI is InChI=1S/C22H23N3OS2/c1-15-6-10-17(11-7-15)27-13-12-23-20(26)14-28-22-18-4-2-3-5-19(18)24-21(25-22)16-8-9-16/h2-7,10-11,16H,8-9,12-14H2,1H3,(H,23,26). The molecule has 3 aromatic rings. The Hall–Kier alpha value is -2.05. The SMILES string of the molecule is Cc1ccc(SCCNC(=O)CSc2nc(C3CC3)nc3ccccc23)cc1. The first-order valence-corrected chi connectivity index (χ1v) is 11.5. The predicted molar refractivity (Wildman–Crippen MR) is 117 cm³/mol. The average molecular weight is 410 g/mol. The van der Waals surface area contributed by atoms with E-state index in [0.29, 0.717) is 18.2 Å². The van der Waals surface area contributed by atoms with Gasteiger partial charge in [0, 0.05) is 28.5 Å². The molecule has 1 N–H and O–H groups in total. The second kappa shape index (κ2) is 8.97. The van der Waals surface area contributed by atoms with E-state index >= 15 is 0 Å². The van der Waals surface area contributed by atoms with Crippen LogP contribution in [0.5, 0.6) is 0 Å². The summed E-state index contributed by atoms with van der Waals surface area (Å²) in [5.41, 5.74) is 2.23. The maximum Gasteiger partial charge on any atom is 0.230 e. The van der Waals surface area contributed by atoms with E-state index in [1.54, 1.807) is 11.8 Å². The van der Waals surface area contributed by atoms with Crippen molar-refractivity contribution in [2.75, 3.05) is 18.1 Å². The lowest BCUT2D eigenvalue weighted by atomic mass is 10.2. The molecule has 1 fully saturated rings. The number of nitrogens with one attached hydrogen (secondary N) is 1. The van der Waals surface area contributed by atoms with Crippen molar-refractivity contribution in [3.63, 3.8) is 0 Å². The third kappa shape index (κ3) is 5.06. The highest BCUT2D eigenvalue weighted by Crippen LogP contribution is 2.39. The number of carbonyl (C=O) groups excluding carboxylic acids is 1. The zero-order valence-electron chi connectivity index (χ0n) is 15.9. The second-order valence-corrected chi connectivity index (χ2v) is 9.11. The van der Waals surface area contributed by atoms with Gasteiger partial charge >= 0.3 is 0 Å². The number of nitrogens with zero attached hydrogens (tertiary/aromatic N) is 2. The van der Waals surface area contributed by atoms with Crippen molar-refractivity contribution >= 4 is 40.3 Å². The highest BCUT2D eigenvalue weighted by molar-refractivity contribution is 8.00. The number of thioether (sulfide) groups is 2. The molecule has 144 valence electrons. The predicted octanol–water partition coefficient (Wildman–Crippen LogP) is 4.82. The van der Waals surface area contributed by atoms with Crippen LogP contribution in [0.2, 0.25) is 0 Å². The maximum atomic E-state index is 12.3. The van der Waals surface area contributed by atoms with Crippen molar-refractivity contribution in [3.8, 4) is 0 Å². The Morgan fingerprint density at radius 2 is 1.86 bits per heavy atom. The average Bonchev–Trinajstić information content (AvgIpc) is 3.56. The van der Waals surface area contributed by atoms with Crippen LogP contribution in [-0.4, -0.2) is 33.9 Å². The van der Waals surface area contributed by atoms with Crippen molar-refractivity contribution in [1.29, 1.82) is 0 Å². The lowest BCUT2D eigenvalue weighted by molar-refractivity contribution is -0.118.